The molecule has 1 atom stereocenters. The Morgan fingerprint density at radius 2 is 1.86 bits per heavy atom. The molecule has 5 nitrogen and oxygen atoms in total. The summed E-state index contributed by atoms with van der Waals surface area (Å²) in [5.41, 5.74) is 0.115. The quantitative estimate of drug-likeness (QED) is 0.363. The summed E-state index contributed by atoms with van der Waals surface area (Å²) in [7, 11) is 0. The van der Waals surface area contributed by atoms with Crippen LogP contribution in [0.4, 0.5) is 13.2 Å². The Morgan fingerprint density at radius 3 is 2.38 bits per heavy atom. The summed E-state index contributed by atoms with van der Waals surface area (Å²) in [5, 5.41) is 10.7. The predicted molar refractivity (Wildman–Crippen MR) is 99.6 cm³/mol. The van der Waals surface area contributed by atoms with E-state index in [0.29, 0.717) is 5.69 Å². The lowest BCUT2D eigenvalue weighted by Crippen LogP contribution is -2.29. The Morgan fingerprint density at radius 1 is 1.21 bits per heavy atom. The van der Waals surface area contributed by atoms with Gasteiger partial charge in [0, 0.05) is 24.0 Å². The van der Waals surface area contributed by atoms with Crippen LogP contribution in [0.15, 0.2) is 60.8 Å². The summed E-state index contributed by atoms with van der Waals surface area (Å²) in [6.07, 6.45) is -1.76. The number of alkyl halides is 3. The molecule has 1 aromatic heterocycles. The molecule has 0 aliphatic carbocycles. The number of nitrogens with zero attached hydrogens (tertiary/aromatic N) is 2. The first-order chi connectivity index (χ1) is 13.6. The maximum atomic E-state index is 12.9. The summed E-state index contributed by atoms with van der Waals surface area (Å²) >= 11 is 0. The summed E-state index contributed by atoms with van der Waals surface area (Å²) < 4.78 is 38.7. The average Bonchev–Trinajstić information content (AvgIpc) is 2.93. The molecule has 2 aromatic rings. The van der Waals surface area contributed by atoms with Crippen LogP contribution in [-0.2, 0) is 15.8 Å². The van der Waals surface area contributed by atoms with Gasteiger partial charge in [0.25, 0.3) is 11.7 Å². The Kier molecular flexibility index (Phi) is 5.28. The first kappa shape index (κ1) is 20.3. The van der Waals surface area contributed by atoms with Crippen molar-refractivity contribution in [1.82, 2.24) is 9.88 Å². The highest BCUT2D eigenvalue weighted by molar-refractivity contribution is 6.46. The van der Waals surface area contributed by atoms with Crippen molar-refractivity contribution in [2.24, 2.45) is 0 Å². The van der Waals surface area contributed by atoms with Gasteiger partial charge in [-0.25, -0.2) is 0 Å². The number of Topliss-reactive ketones (excluding diaryl/α,β-unsaturated/α-hetero) is 1. The Hall–Kier alpha value is -3.42. The molecule has 1 saturated heterocycles. The van der Waals surface area contributed by atoms with Gasteiger partial charge in [-0.2, -0.15) is 13.2 Å². The molecule has 0 bridgehead atoms. The number of aliphatic hydroxyl groups is 1. The van der Waals surface area contributed by atoms with Crippen molar-refractivity contribution >= 4 is 17.4 Å². The van der Waals surface area contributed by atoms with Gasteiger partial charge in [-0.05, 0) is 36.8 Å². The summed E-state index contributed by atoms with van der Waals surface area (Å²) in [6.45, 7) is 5.28. The smallest absolute Gasteiger partial charge is 0.416 e. The number of hydrogen-bond acceptors (Lipinski definition) is 4. The number of amides is 1. The highest BCUT2D eigenvalue weighted by Gasteiger charge is 2.45. The molecule has 2 heterocycles. The van der Waals surface area contributed by atoms with Gasteiger partial charge < -0.3 is 10.0 Å². The van der Waals surface area contributed by atoms with Gasteiger partial charge in [-0.1, -0.05) is 18.2 Å². The number of carbonyl (C=O) groups excluding carboxylic acids is 2. The minimum Gasteiger partial charge on any atom is -0.507 e. The predicted octanol–water partition coefficient (Wildman–Crippen LogP) is 4.02. The number of benzene rings is 1. The van der Waals surface area contributed by atoms with Crippen LogP contribution >= 0.6 is 0 Å². The Bertz CT molecular complexity index is 993. The van der Waals surface area contributed by atoms with Crippen molar-refractivity contribution in [3.63, 3.8) is 0 Å². The molecule has 0 saturated carbocycles. The average molecular weight is 402 g/mol. The molecule has 1 aliphatic heterocycles. The molecule has 29 heavy (non-hydrogen) atoms. The second kappa shape index (κ2) is 7.54. The molecule has 1 aliphatic rings. The number of halogens is 3. The fourth-order valence-corrected chi connectivity index (χ4v) is 3.17. The third kappa shape index (κ3) is 3.78. The van der Waals surface area contributed by atoms with Crippen LogP contribution in [0.5, 0.6) is 0 Å². The molecule has 150 valence electrons. The fourth-order valence-electron chi connectivity index (χ4n) is 3.17. The Balaban J connectivity index is 2.16. The zero-order chi connectivity index (χ0) is 21.3. The van der Waals surface area contributed by atoms with Gasteiger partial charge in [-0.3, -0.25) is 14.6 Å². The third-order valence-corrected chi connectivity index (χ3v) is 4.60. The highest BCUT2D eigenvalue weighted by Crippen LogP contribution is 2.40. The first-order valence-corrected chi connectivity index (χ1v) is 8.64. The number of aromatic nitrogens is 1. The fraction of sp³-hybridized carbons (Fsp3) is 0.190. The Labute approximate surface area is 164 Å². The van der Waals surface area contributed by atoms with E-state index in [1.807, 2.05) is 0 Å². The lowest BCUT2D eigenvalue weighted by atomic mass is 9.95. The lowest BCUT2D eigenvalue weighted by molar-refractivity contribution is -0.139. The maximum Gasteiger partial charge on any atom is 0.416 e. The van der Waals surface area contributed by atoms with E-state index < -0.39 is 35.2 Å². The highest BCUT2D eigenvalue weighted by atomic mass is 19.4. The number of aliphatic hydroxyl groups excluding tert-OH is 1. The van der Waals surface area contributed by atoms with Gasteiger partial charge in [0.1, 0.15) is 5.76 Å². The van der Waals surface area contributed by atoms with Gasteiger partial charge in [0.15, 0.2) is 0 Å². The van der Waals surface area contributed by atoms with Crippen LogP contribution in [0.25, 0.3) is 5.76 Å². The van der Waals surface area contributed by atoms with Gasteiger partial charge in [0.05, 0.1) is 17.2 Å². The molecule has 8 heteroatoms. The van der Waals surface area contributed by atoms with Gasteiger partial charge in [0.2, 0.25) is 0 Å². The van der Waals surface area contributed by atoms with E-state index in [2.05, 4.69) is 11.6 Å². The molecular weight excluding hydrogens is 385 g/mol. The van der Waals surface area contributed by atoms with E-state index in [1.54, 1.807) is 19.1 Å². The summed E-state index contributed by atoms with van der Waals surface area (Å²) in [5.74, 6) is -2.22. The maximum absolute atomic E-state index is 12.9. The van der Waals surface area contributed by atoms with Crippen LogP contribution in [0, 0.1) is 6.92 Å². The second-order valence-corrected chi connectivity index (χ2v) is 6.55. The van der Waals surface area contributed by atoms with E-state index in [1.165, 1.54) is 24.4 Å². The van der Waals surface area contributed by atoms with Crippen molar-refractivity contribution in [2.45, 2.75) is 19.1 Å². The van der Waals surface area contributed by atoms with E-state index in [-0.39, 0.29) is 23.2 Å². The number of hydrogen-bond donors (Lipinski definition) is 1. The number of carbonyl (C=O) groups is 2. The molecule has 3 rings (SSSR count). The minimum atomic E-state index is -4.52. The van der Waals surface area contributed by atoms with E-state index >= 15 is 0 Å². The zero-order valence-electron chi connectivity index (χ0n) is 15.4. The SMILES string of the molecule is C=CCN1C(=O)C(=O)C(=C(O)c2ccc(C)nc2)C1c1ccc(C(F)(F)F)cc1. The van der Waals surface area contributed by atoms with Gasteiger partial charge in [-0.15, -0.1) is 6.58 Å². The molecule has 1 amide bonds. The molecule has 0 radical (unpaired) electrons. The van der Waals surface area contributed by atoms with Crippen molar-refractivity contribution in [1.29, 1.82) is 0 Å². The summed E-state index contributed by atoms with van der Waals surface area (Å²) in [4.78, 5) is 30.4. The van der Waals surface area contributed by atoms with Crippen LogP contribution in [0.2, 0.25) is 0 Å². The largest absolute Gasteiger partial charge is 0.507 e. The molecule has 1 aromatic carbocycles. The number of aryl methyl sites for hydroxylation is 1. The van der Waals surface area contributed by atoms with Crippen LogP contribution in [0.1, 0.15) is 28.4 Å². The molecule has 1 N–H and O–H groups in total. The zero-order valence-corrected chi connectivity index (χ0v) is 15.4. The molecule has 1 fully saturated rings. The summed E-state index contributed by atoms with van der Waals surface area (Å²) in [6, 6.07) is 6.25. The normalized spacial score (nSPS) is 18.9. The van der Waals surface area contributed by atoms with Crippen molar-refractivity contribution in [3.05, 3.63) is 83.2 Å². The first-order valence-electron chi connectivity index (χ1n) is 8.64. The monoisotopic (exact) mass is 402 g/mol. The van der Waals surface area contributed by atoms with Crippen LogP contribution in [-0.4, -0.2) is 33.2 Å². The molecular formula is C21H17F3N2O3. The number of rotatable bonds is 4. The van der Waals surface area contributed by atoms with E-state index in [4.69, 9.17) is 0 Å². The minimum absolute atomic E-state index is 0.0147. The van der Waals surface area contributed by atoms with Gasteiger partial charge >= 0.3 is 6.18 Å². The van der Waals surface area contributed by atoms with Crippen molar-refractivity contribution in [3.8, 4) is 0 Å². The van der Waals surface area contributed by atoms with E-state index in [0.717, 1.165) is 17.0 Å². The molecule has 0 spiro atoms. The standard InChI is InChI=1S/C21H17F3N2O3/c1-3-10-26-17(13-6-8-15(9-7-13)21(22,23)24)16(19(28)20(26)29)18(27)14-5-4-12(2)25-11-14/h3-9,11,17,27H,1,10H2,2H3. The topological polar surface area (TPSA) is 70.5 Å². The van der Waals surface area contributed by atoms with E-state index in [9.17, 15) is 27.9 Å². The number of ketones is 1. The van der Waals surface area contributed by atoms with Crippen LogP contribution < -0.4 is 0 Å². The second-order valence-electron chi connectivity index (χ2n) is 6.55. The van der Waals surface area contributed by atoms with Crippen molar-refractivity contribution in [2.75, 3.05) is 6.54 Å². The molecule has 1 unspecified atom stereocenters. The lowest BCUT2D eigenvalue weighted by Gasteiger charge is -2.24. The van der Waals surface area contributed by atoms with Crippen molar-refractivity contribution < 1.29 is 27.9 Å². The third-order valence-electron chi connectivity index (χ3n) is 4.60. The van der Waals surface area contributed by atoms with Crippen LogP contribution in [0.3, 0.4) is 0 Å². The number of likely N-dealkylation sites (tertiary alicyclic amines) is 1. The number of pyridine rings is 1.